The highest BCUT2D eigenvalue weighted by atomic mass is 16.6. The standard InChI is InChI=1S/C28H43NO8/c1-9-18(6)27(32)34-19(7)20(8)35-28(33)22(29)14-21-10-11-23(36-25(30)12-16(2)3)24(15-21)37-26(31)13-17(4)5/h10-11,15-20,22H,9,12-14,29H2,1-8H3/t18?,19?,20-,22-/m0/s1. The summed E-state index contributed by atoms with van der Waals surface area (Å²) in [5.41, 5.74) is 6.67. The van der Waals surface area contributed by atoms with Crippen LogP contribution in [-0.4, -0.2) is 42.1 Å². The summed E-state index contributed by atoms with van der Waals surface area (Å²) >= 11 is 0. The fourth-order valence-electron chi connectivity index (χ4n) is 3.10. The topological polar surface area (TPSA) is 131 Å². The summed E-state index contributed by atoms with van der Waals surface area (Å²) in [7, 11) is 0. The molecule has 1 rings (SSSR count). The van der Waals surface area contributed by atoms with Crippen molar-refractivity contribution in [2.75, 3.05) is 0 Å². The lowest BCUT2D eigenvalue weighted by Gasteiger charge is -2.23. The Balaban J connectivity index is 2.93. The van der Waals surface area contributed by atoms with Crippen molar-refractivity contribution < 1.29 is 38.1 Å². The van der Waals surface area contributed by atoms with E-state index < -0.39 is 36.2 Å². The van der Waals surface area contributed by atoms with Crippen molar-refractivity contribution >= 4 is 23.9 Å². The molecule has 2 unspecified atom stereocenters. The average molecular weight is 522 g/mol. The van der Waals surface area contributed by atoms with Gasteiger partial charge in [-0.2, -0.15) is 0 Å². The normalized spacial score (nSPS) is 14.5. The molecule has 1 aromatic rings. The number of carbonyl (C=O) groups excluding carboxylic acids is 4. The Labute approximate surface area is 220 Å². The van der Waals surface area contributed by atoms with Gasteiger partial charge >= 0.3 is 23.9 Å². The third-order valence-electron chi connectivity index (χ3n) is 5.64. The molecule has 0 aromatic heterocycles. The van der Waals surface area contributed by atoms with Gasteiger partial charge in [0.05, 0.1) is 5.92 Å². The molecular weight excluding hydrogens is 478 g/mol. The van der Waals surface area contributed by atoms with Crippen molar-refractivity contribution in [3.63, 3.8) is 0 Å². The molecule has 0 aliphatic heterocycles. The minimum Gasteiger partial charge on any atom is -0.459 e. The zero-order valence-electron chi connectivity index (χ0n) is 23.4. The Morgan fingerprint density at radius 1 is 0.757 bits per heavy atom. The van der Waals surface area contributed by atoms with E-state index in [1.54, 1.807) is 26.8 Å². The lowest BCUT2D eigenvalue weighted by atomic mass is 10.1. The molecular formula is C28H43NO8. The molecule has 4 atom stereocenters. The summed E-state index contributed by atoms with van der Waals surface area (Å²) in [6.45, 7) is 14.5. The van der Waals surface area contributed by atoms with Crippen LogP contribution in [0.5, 0.6) is 11.5 Å². The van der Waals surface area contributed by atoms with Crippen LogP contribution in [-0.2, 0) is 35.1 Å². The quantitative estimate of drug-likeness (QED) is 0.280. The number of ether oxygens (including phenoxy) is 4. The monoisotopic (exact) mass is 521 g/mol. The molecule has 0 aliphatic rings. The van der Waals surface area contributed by atoms with Gasteiger partial charge in [-0.25, -0.2) is 0 Å². The van der Waals surface area contributed by atoms with Crippen LogP contribution < -0.4 is 15.2 Å². The van der Waals surface area contributed by atoms with Gasteiger partial charge in [0.15, 0.2) is 11.5 Å². The average Bonchev–Trinajstić information content (AvgIpc) is 2.78. The first-order valence-electron chi connectivity index (χ1n) is 12.9. The van der Waals surface area contributed by atoms with Gasteiger partial charge in [-0.1, -0.05) is 47.6 Å². The van der Waals surface area contributed by atoms with Crippen molar-refractivity contribution in [2.24, 2.45) is 23.5 Å². The van der Waals surface area contributed by atoms with E-state index in [-0.39, 0.29) is 54.5 Å². The number of rotatable bonds is 14. The van der Waals surface area contributed by atoms with Crippen LogP contribution in [0.2, 0.25) is 0 Å². The maximum atomic E-state index is 12.6. The Morgan fingerprint density at radius 3 is 1.73 bits per heavy atom. The summed E-state index contributed by atoms with van der Waals surface area (Å²) in [4.78, 5) is 49.1. The number of nitrogens with two attached hydrogens (primary N) is 1. The molecule has 0 fully saturated rings. The van der Waals surface area contributed by atoms with Gasteiger partial charge in [0.2, 0.25) is 0 Å². The SMILES string of the molecule is CCC(C)C(=O)OC(C)[C@H](C)OC(=O)[C@@H](N)Cc1ccc(OC(=O)CC(C)C)c(OC(=O)CC(C)C)c1. The second-order valence-electron chi connectivity index (χ2n) is 10.3. The van der Waals surface area contributed by atoms with Crippen LogP contribution in [0, 0.1) is 17.8 Å². The molecule has 0 heterocycles. The number of esters is 4. The van der Waals surface area contributed by atoms with Crippen molar-refractivity contribution in [3.8, 4) is 11.5 Å². The van der Waals surface area contributed by atoms with Gasteiger partial charge in [0.25, 0.3) is 0 Å². The Bertz CT molecular complexity index is 927. The molecule has 0 saturated carbocycles. The number of hydrogen-bond acceptors (Lipinski definition) is 9. The second kappa shape index (κ2) is 15.3. The zero-order chi connectivity index (χ0) is 28.3. The predicted octanol–water partition coefficient (Wildman–Crippen LogP) is 4.37. The molecule has 0 radical (unpaired) electrons. The van der Waals surface area contributed by atoms with E-state index in [1.165, 1.54) is 12.1 Å². The molecule has 0 bridgehead atoms. The summed E-state index contributed by atoms with van der Waals surface area (Å²) in [6.07, 6.45) is -0.198. The molecule has 0 spiro atoms. The van der Waals surface area contributed by atoms with E-state index in [2.05, 4.69) is 0 Å². The van der Waals surface area contributed by atoms with E-state index in [0.29, 0.717) is 12.0 Å². The third-order valence-corrected chi connectivity index (χ3v) is 5.64. The highest BCUT2D eigenvalue weighted by molar-refractivity contribution is 5.78. The van der Waals surface area contributed by atoms with E-state index in [0.717, 1.165) is 0 Å². The van der Waals surface area contributed by atoms with Gasteiger partial charge in [0.1, 0.15) is 18.2 Å². The molecule has 9 heteroatoms. The van der Waals surface area contributed by atoms with Gasteiger partial charge in [-0.15, -0.1) is 0 Å². The van der Waals surface area contributed by atoms with Crippen molar-refractivity contribution in [1.29, 1.82) is 0 Å². The smallest absolute Gasteiger partial charge is 0.323 e. The van der Waals surface area contributed by atoms with Crippen LogP contribution in [0.4, 0.5) is 0 Å². The first-order chi connectivity index (χ1) is 17.2. The summed E-state index contributed by atoms with van der Waals surface area (Å²) < 4.78 is 21.7. The van der Waals surface area contributed by atoms with Crippen LogP contribution in [0.3, 0.4) is 0 Å². The first kappa shape index (κ1) is 32.1. The molecule has 0 aliphatic carbocycles. The van der Waals surface area contributed by atoms with E-state index in [9.17, 15) is 19.2 Å². The largest absolute Gasteiger partial charge is 0.459 e. The molecule has 1 aromatic carbocycles. The molecule has 0 amide bonds. The van der Waals surface area contributed by atoms with Gasteiger partial charge in [-0.05, 0) is 56.2 Å². The van der Waals surface area contributed by atoms with E-state index in [1.807, 2.05) is 34.6 Å². The Morgan fingerprint density at radius 2 is 1.24 bits per heavy atom. The van der Waals surface area contributed by atoms with Gasteiger partial charge in [-0.3, -0.25) is 19.2 Å². The number of carbonyl (C=O) groups is 4. The number of benzene rings is 1. The summed E-state index contributed by atoms with van der Waals surface area (Å²) in [6, 6.07) is 3.67. The van der Waals surface area contributed by atoms with Crippen molar-refractivity contribution in [1.82, 2.24) is 0 Å². The maximum Gasteiger partial charge on any atom is 0.323 e. The van der Waals surface area contributed by atoms with Crippen molar-refractivity contribution in [2.45, 2.75) is 99.3 Å². The van der Waals surface area contributed by atoms with Crippen LogP contribution in [0.1, 0.15) is 80.2 Å². The Kier molecular flexibility index (Phi) is 13.3. The third kappa shape index (κ3) is 11.8. The maximum absolute atomic E-state index is 12.6. The fourth-order valence-corrected chi connectivity index (χ4v) is 3.10. The minimum atomic E-state index is -1.02. The van der Waals surface area contributed by atoms with Gasteiger partial charge < -0.3 is 24.7 Å². The van der Waals surface area contributed by atoms with Crippen molar-refractivity contribution in [3.05, 3.63) is 23.8 Å². The highest BCUT2D eigenvalue weighted by Gasteiger charge is 2.26. The summed E-state index contributed by atoms with van der Waals surface area (Å²) in [5.74, 6) is -1.78. The first-order valence-corrected chi connectivity index (χ1v) is 12.9. The number of hydrogen-bond donors (Lipinski definition) is 1. The zero-order valence-corrected chi connectivity index (χ0v) is 23.4. The van der Waals surface area contributed by atoms with Crippen LogP contribution in [0.15, 0.2) is 18.2 Å². The fraction of sp³-hybridized carbons (Fsp3) is 0.643. The predicted molar refractivity (Wildman–Crippen MR) is 139 cm³/mol. The van der Waals surface area contributed by atoms with E-state index in [4.69, 9.17) is 24.7 Å². The van der Waals surface area contributed by atoms with Crippen LogP contribution in [0.25, 0.3) is 0 Å². The highest BCUT2D eigenvalue weighted by Crippen LogP contribution is 2.30. The van der Waals surface area contributed by atoms with E-state index >= 15 is 0 Å². The van der Waals surface area contributed by atoms with Gasteiger partial charge in [0, 0.05) is 12.8 Å². The summed E-state index contributed by atoms with van der Waals surface area (Å²) in [5, 5.41) is 0. The Hall–Kier alpha value is -2.94. The lowest BCUT2D eigenvalue weighted by molar-refractivity contribution is -0.168. The van der Waals surface area contributed by atoms with Crippen LogP contribution >= 0.6 is 0 Å². The second-order valence-corrected chi connectivity index (χ2v) is 10.3. The lowest BCUT2D eigenvalue weighted by Crippen LogP contribution is -2.40. The minimum absolute atomic E-state index is 0.0830. The molecule has 37 heavy (non-hydrogen) atoms. The molecule has 208 valence electrons. The molecule has 0 saturated heterocycles. The molecule has 9 nitrogen and oxygen atoms in total. The molecule has 2 N–H and O–H groups in total.